The Morgan fingerprint density at radius 3 is 2.59 bits per heavy atom. The first kappa shape index (κ1) is 20.1. The Kier molecular flexibility index (Phi) is 5.78. The molecule has 0 fully saturated rings. The molecule has 0 aliphatic heterocycles. The van der Waals surface area contributed by atoms with Gasteiger partial charge in [-0.2, -0.15) is 0 Å². The van der Waals surface area contributed by atoms with Crippen molar-refractivity contribution in [3.8, 4) is 11.3 Å². The van der Waals surface area contributed by atoms with Gasteiger partial charge in [-0.3, -0.25) is 4.98 Å². The van der Waals surface area contributed by atoms with Crippen LogP contribution in [0.25, 0.3) is 22.2 Å². The molecule has 3 nitrogen and oxygen atoms in total. The first-order valence-corrected chi connectivity index (χ1v) is 10.4. The summed E-state index contributed by atoms with van der Waals surface area (Å²) in [5.74, 6) is 0.343. The summed E-state index contributed by atoms with van der Waals surface area (Å²) in [6, 6.07) is 10.7. The first-order chi connectivity index (χ1) is 12.8. The van der Waals surface area contributed by atoms with E-state index < -0.39 is 0 Å². The predicted molar refractivity (Wildman–Crippen MR) is 117 cm³/mol. The van der Waals surface area contributed by atoms with Crippen LogP contribution in [0.2, 0.25) is 0 Å². The summed E-state index contributed by atoms with van der Waals surface area (Å²) < 4.78 is 3.47. The lowest BCUT2D eigenvalue weighted by Gasteiger charge is -2.23. The van der Waals surface area contributed by atoms with Gasteiger partial charge in [0.25, 0.3) is 0 Å². The van der Waals surface area contributed by atoms with Crippen LogP contribution in [0.5, 0.6) is 0 Å². The van der Waals surface area contributed by atoms with Crippen molar-refractivity contribution in [3.63, 3.8) is 0 Å². The number of aryl methyl sites for hydroxylation is 1. The minimum Gasteiger partial charge on any atom is -0.396 e. The molecule has 144 valence electrons. The fourth-order valence-electron chi connectivity index (χ4n) is 3.82. The Bertz CT molecular complexity index is 956. The van der Waals surface area contributed by atoms with Crippen LogP contribution in [0.4, 0.5) is 0 Å². The molecule has 1 N–H and O–H groups in total. The van der Waals surface area contributed by atoms with Gasteiger partial charge in [-0.25, -0.2) is 0 Å². The lowest BCUT2D eigenvalue weighted by Crippen LogP contribution is -2.20. The van der Waals surface area contributed by atoms with Gasteiger partial charge in [0.05, 0.1) is 11.4 Å². The highest BCUT2D eigenvalue weighted by Gasteiger charge is 2.26. The Morgan fingerprint density at radius 1 is 1.22 bits per heavy atom. The van der Waals surface area contributed by atoms with Crippen molar-refractivity contribution < 1.29 is 5.11 Å². The lowest BCUT2D eigenvalue weighted by atomic mass is 9.84. The molecule has 0 saturated heterocycles. The molecule has 0 bridgehead atoms. The molecule has 27 heavy (non-hydrogen) atoms. The molecule has 2 aromatic heterocycles. The third kappa shape index (κ3) is 3.83. The zero-order chi connectivity index (χ0) is 19.8. The monoisotopic (exact) mass is 428 g/mol. The topological polar surface area (TPSA) is 38.0 Å². The van der Waals surface area contributed by atoms with E-state index >= 15 is 0 Å². The largest absolute Gasteiger partial charge is 0.396 e. The third-order valence-electron chi connectivity index (χ3n) is 5.17. The second-order valence-electron chi connectivity index (χ2n) is 8.32. The second kappa shape index (κ2) is 7.76. The van der Waals surface area contributed by atoms with Crippen LogP contribution in [-0.4, -0.2) is 21.3 Å². The molecule has 3 rings (SSSR count). The minimum absolute atomic E-state index is 0.156. The molecule has 4 heteroatoms. The van der Waals surface area contributed by atoms with Crippen molar-refractivity contribution in [2.45, 2.75) is 53.5 Å². The van der Waals surface area contributed by atoms with E-state index in [1.807, 2.05) is 12.3 Å². The Morgan fingerprint density at radius 2 is 1.96 bits per heavy atom. The summed E-state index contributed by atoms with van der Waals surface area (Å²) in [6.07, 6.45) is 2.69. The molecule has 0 unspecified atom stereocenters. The number of aromatic nitrogens is 2. The van der Waals surface area contributed by atoms with Crippen molar-refractivity contribution in [2.24, 2.45) is 5.41 Å². The standard InChI is InChI=1S/C23H29BrN2O/c1-6-26-20-10-9-16(24)12-18(20)19(13-23(4,5)14-27)22(26)17-8-7-11-25-21(17)15(2)3/h7-12,15,27H,6,13-14H2,1-5H3. The SMILES string of the molecule is CCn1c(-c2cccnc2C(C)C)c(CC(C)(C)CO)c2cc(Br)ccc21. The minimum atomic E-state index is -0.190. The van der Waals surface area contributed by atoms with Crippen LogP contribution in [0.3, 0.4) is 0 Å². The summed E-state index contributed by atoms with van der Waals surface area (Å²) in [5, 5.41) is 11.2. The average molecular weight is 429 g/mol. The fraction of sp³-hybridized carbons (Fsp3) is 0.435. The van der Waals surface area contributed by atoms with Crippen molar-refractivity contribution in [1.29, 1.82) is 0 Å². The van der Waals surface area contributed by atoms with Crippen LogP contribution in [0, 0.1) is 5.41 Å². The van der Waals surface area contributed by atoms with E-state index in [1.165, 1.54) is 27.7 Å². The van der Waals surface area contributed by atoms with Gasteiger partial charge in [0.1, 0.15) is 0 Å². The summed E-state index contributed by atoms with van der Waals surface area (Å²) in [4.78, 5) is 4.70. The van der Waals surface area contributed by atoms with E-state index in [0.717, 1.165) is 23.1 Å². The van der Waals surface area contributed by atoms with Crippen LogP contribution < -0.4 is 0 Å². The van der Waals surface area contributed by atoms with E-state index in [2.05, 4.69) is 79.4 Å². The Labute approximate surface area is 170 Å². The number of nitrogens with zero attached hydrogens (tertiary/aromatic N) is 2. The second-order valence-corrected chi connectivity index (χ2v) is 9.24. The maximum Gasteiger partial charge on any atom is 0.0542 e. The summed E-state index contributed by atoms with van der Waals surface area (Å²) in [7, 11) is 0. The number of rotatable bonds is 6. The molecule has 2 heterocycles. The van der Waals surface area contributed by atoms with Gasteiger partial charge >= 0.3 is 0 Å². The van der Waals surface area contributed by atoms with E-state index in [9.17, 15) is 5.11 Å². The highest BCUT2D eigenvalue weighted by Crippen LogP contribution is 2.40. The van der Waals surface area contributed by atoms with Crippen LogP contribution in [0.15, 0.2) is 41.0 Å². The molecular formula is C23H29BrN2O. The van der Waals surface area contributed by atoms with Gasteiger partial charge in [0, 0.05) is 40.3 Å². The summed E-state index contributed by atoms with van der Waals surface area (Å²) >= 11 is 3.64. The van der Waals surface area contributed by atoms with Crippen LogP contribution in [0.1, 0.15) is 51.8 Å². The van der Waals surface area contributed by atoms with Gasteiger partial charge in [0.2, 0.25) is 0 Å². The number of hydrogen-bond donors (Lipinski definition) is 1. The summed E-state index contributed by atoms with van der Waals surface area (Å²) in [6.45, 7) is 11.9. The van der Waals surface area contributed by atoms with Gasteiger partial charge in [-0.05, 0) is 60.6 Å². The normalized spacial score (nSPS) is 12.3. The predicted octanol–water partition coefficient (Wildman–Crippen LogP) is 6.17. The first-order valence-electron chi connectivity index (χ1n) is 9.65. The molecule has 0 aliphatic carbocycles. The van der Waals surface area contributed by atoms with Crippen molar-refractivity contribution in [3.05, 3.63) is 52.3 Å². The molecule has 0 spiro atoms. The molecule has 0 saturated carbocycles. The summed E-state index contributed by atoms with van der Waals surface area (Å²) in [5.41, 5.74) is 5.90. The average Bonchev–Trinajstić information content (AvgIpc) is 2.93. The third-order valence-corrected chi connectivity index (χ3v) is 5.66. The van der Waals surface area contributed by atoms with Gasteiger partial charge in [0.15, 0.2) is 0 Å². The molecule has 0 atom stereocenters. The molecule has 0 aliphatic rings. The smallest absolute Gasteiger partial charge is 0.0542 e. The van der Waals surface area contributed by atoms with Gasteiger partial charge in [-0.1, -0.05) is 43.6 Å². The maximum atomic E-state index is 9.92. The van der Waals surface area contributed by atoms with Crippen molar-refractivity contribution in [1.82, 2.24) is 9.55 Å². The lowest BCUT2D eigenvalue weighted by molar-refractivity contribution is 0.160. The highest BCUT2D eigenvalue weighted by molar-refractivity contribution is 9.10. The molecule has 0 radical (unpaired) electrons. The van der Waals surface area contributed by atoms with E-state index in [-0.39, 0.29) is 12.0 Å². The zero-order valence-corrected chi connectivity index (χ0v) is 18.5. The van der Waals surface area contributed by atoms with E-state index in [0.29, 0.717) is 5.92 Å². The van der Waals surface area contributed by atoms with E-state index in [4.69, 9.17) is 4.98 Å². The zero-order valence-electron chi connectivity index (χ0n) is 16.9. The number of halogens is 1. The highest BCUT2D eigenvalue weighted by atomic mass is 79.9. The number of pyridine rings is 1. The Balaban J connectivity index is 2.40. The quantitative estimate of drug-likeness (QED) is 0.509. The number of fused-ring (bicyclic) bond motifs is 1. The van der Waals surface area contributed by atoms with Crippen LogP contribution in [-0.2, 0) is 13.0 Å². The number of aliphatic hydroxyl groups excluding tert-OH is 1. The van der Waals surface area contributed by atoms with Gasteiger partial charge < -0.3 is 9.67 Å². The van der Waals surface area contributed by atoms with Crippen LogP contribution >= 0.6 is 15.9 Å². The van der Waals surface area contributed by atoms with E-state index in [1.54, 1.807) is 0 Å². The number of hydrogen-bond acceptors (Lipinski definition) is 2. The fourth-order valence-corrected chi connectivity index (χ4v) is 4.19. The van der Waals surface area contributed by atoms with Gasteiger partial charge in [-0.15, -0.1) is 0 Å². The number of benzene rings is 1. The van der Waals surface area contributed by atoms with Crippen molar-refractivity contribution in [2.75, 3.05) is 6.61 Å². The maximum absolute atomic E-state index is 9.92. The Hall–Kier alpha value is -1.65. The molecule has 1 aromatic carbocycles. The number of aliphatic hydroxyl groups is 1. The molecular weight excluding hydrogens is 400 g/mol. The molecule has 0 amide bonds. The molecule has 3 aromatic rings. The van der Waals surface area contributed by atoms with Crippen molar-refractivity contribution >= 4 is 26.8 Å².